The van der Waals surface area contributed by atoms with Gasteiger partial charge in [-0.1, -0.05) is 59.6 Å². The first-order valence-electron chi connectivity index (χ1n) is 6.88. The second kappa shape index (κ2) is 10.5. The van der Waals surface area contributed by atoms with Crippen molar-refractivity contribution in [1.29, 1.82) is 0 Å². The van der Waals surface area contributed by atoms with Crippen molar-refractivity contribution in [3.63, 3.8) is 0 Å². The lowest BCUT2D eigenvalue weighted by molar-refractivity contribution is 0.303. The van der Waals surface area contributed by atoms with Crippen LogP contribution in [0.4, 0.5) is 4.39 Å². The zero-order valence-corrected chi connectivity index (χ0v) is 13.5. The molecule has 0 spiro atoms. The number of hydrogen-bond donors (Lipinski definition) is 0. The molecule has 0 aromatic heterocycles. The van der Waals surface area contributed by atoms with Gasteiger partial charge in [-0.2, -0.15) is 0 Å². The summed E-state index contributed by atoms with van der Waals surface area (Å²) in [5.74, 6) is 0.130. The highest BCUT2D eigenvalue weighted by Gasteiger charge is 2.02. The van der Waals surface area contributed by atoms with Gasteiger partial charge in [0.05, 0.1) is 11.6 Å². The minimum Gasteiger partial charge on any atom is -0.492 e. The van der Waals surface area contributed by atoms with E-state index in [9.17, 15) is 4.39 Å². The Hall–Kier alpha value is -0.280. The molecule has 0 aliphatic rings. The van der Waals surface area contributed by atoms with Crippen molar-refractivity contribution in [1.82, 2.24) is 0 Å². The third kappa shape index (κ3) is 7.78. The molecule has 0 aliphatic carbocycles. The maximum absolute atomic E-state index is 13.0. The Morgan fingerprint density at radius 2 is 1.63 bits per heavy atom. The van der Waals surface area contributed by atoms with E-state index in [4.69, 9.17) is 16.3 Å². The largest absolute Gasteiger partial charge is 0.492 e. The maximum Gasteiger partial charge on any atom is 0.140 e. The van der Waals surface area contributed by atoms with Crippen LogP contribution < -0.4 is 4.74 Å². The standard InChI is InChI=1S/C15H21BrClFO/c16-10-6-4-2-1-3-5-7-11-19-15-12-13(18)8-9-14(15)17/h8-9,12H,1-7,10-11H2. The van der Waals surface area contributed by atoms with Crippen LogP contribution in [0.25, 0.3) is 0 Å². The predicted octanol–water partition coefficient (Wildman–Crippen LogP) is 5.98. The van der Waals surface area contributed by atoms with Crippen LogP contribution in [0.1, 0.15) is 44.9 Å². The van der Waals surface area contributed by atoms with Crippen molar-refractivity contribution >= 4 is 27.5 Å². The van der Waals surface area contributed by atoms with Gasteiger partial charge in [-0.25, -0.2) is 4.39 Å². The molecule has 108 valence electrons. The van der Waals surface area contributed by atoms with E-state index < -0.39 is 0 Å². The van der Waals surface area contributed by atoms with Gasteiger partial charge in [0.1, 0.15) is 11.6 Å². The van der Waals surface area contributed by atoms with Crippen LogP contribution in [-0.2, 0) is 0 Å². The number of ether oxygens (including phenoxy) is 1. The van der Waals surface area contributed by atoms with Gasteiger partial charge in [0.2, 0.25) is 0 Å². The minimum atomic E-state index is -0.314. The topological polar surface area (TPSA) is 9.23 Å². The lowest BCUT2D eigenvalue weighted by atomic mass is 10.1. The summed E-state index contributed by atoms with van der Waals surface area (Å²) in [6, 6.07) is 4.20. The lowest BCUT2D eigenvalue weighted by Crippen LogP contribution is -1.98. The number of unbranched alkanes of at least 4 members (excludes halogenated alkanes) is 6. The Bertz CT molecular complexity index is 360. The molecule has 1 aromatic rings. The molecule has 0 N–H and O–H groups in total. The molecule has 0 atom stereocenters. The summed E-state index contributed by atoms with van der Waals surface area (Å²) < 4.78 is 18.5. The zero-order chi connectivity index (χ0) is 13.9. The Balaban J connectivity index is 2.03. The molecule has 0 radical (unpaired) electrons. The van der Waals surface area contributed by atoms with E-state index in [-0.39, 0.29) is 5.82 Å². The van der Waals surface area contributed by atoms with Gasteiger partial charge < -0.3 is 4.74 Å². The van der Waals surface area contributed by atoms with Crippen molar-refractivity contribution in [3.8, 4) is 5.75 Å². The van der Waals surface area contributed by atoms with Crippen molar-refractivity contribution in [2.45, 2.75) is 44.9 Å². The smallest absolute Gasteiger partial charge is 0.140 e. The van der Waals surface area contributed by atoms with Crippen LogP contribution in [0.2, 0.25) is 5.02 Å². The van der Waals surface area contributed by atoms with Gasteiger partial charge >= 0.3 is 0 Å². The zero-order valence-electron chi connectivity index (χ0n) is 11.1. The van der Waals surface area contributed by atoms with Gasteiger partial charge in [-0.15, -0.1) is 0 Å². The molecule has 0 aliphatic heterocycles. The molecule has 19 heavy (non-hydrogen) atoms. The summed E-state index contributed by atoms with van der Waals surface area (Å²) in [5, 5.41) is 1.58. The molecule has 0 saturated heterocycles. The molecule has 4 heteroatoms. The number of rotatable bonds is 10. The number of hydrogen-bond acceptors (Lipinski definition) is 1. The fourth-order valence-corrected chi connectivity index (χ4v) is 2.42. The van der Waals surface area contributed by atoms with Crippen molar-refractivity contribution in [2.75, 3.05) is 11.9 Å². The first-order valence-corrected chi connectivity index (χ1v) is 8.38. The Kier molecular flexibility index (Phi) is 9.27. The molecule has 1 rings (SSSR count). The second-order valence-electron chi connectivity index (χ2n) is 4.59. The minimum absolute atomic E-state index is 0.314. The highest BCUT2D eigenvalue weighted by molar-refractivity contribution is 9.09. The van der Waals surface area contributed by atoms with E-state index in [1.165, 1.54) is 50.3 Å². The molecule has 1 aromatic carbocycles. The summed E-state index contributed by atoms with van der Waals surface area (Å²) >= 11 is 9.34. The highest BCUT2D eigenvalue weighted by atomic mass is 79.9. The van der Waals surface area contributed by atoms with E-state index in [1.54, 1.807) is 0 Å². The molecule has 0 fully saturated rings. The molecule has 0 amide bonds. The Morgan fingerprint density at radius 3 is 2.32 bits per heavy atom. The first-order chi connectivity index (χ1) is 9.24. The van der Waals surface area contributed by atoms with Crippen LogP contribution in [0.3, 0.4) is 0 Å². The van der Waals surface area contributed by atoms with E-state index >= 15 is 0 Å². The van der Waals surface area contributed by atoms with Gasteiger partial charge in [0.15, 0.2) is 0 Å². The lowest BCUT2D eigenvalue weighted by Gasteiger charge is -2.08. The summed E-state index contributed by atoms with van der Waals surface area (Å²) in [6.07, 6.45) is 8.55. The van der Waals surface area contributed by atoms with Crippen LogP contribution in [0.15, 0.2) is 18.2 Å². The number of alkyl halides is 1. The molecule has 1 nitrogen and oxygen atoms in total. The monoisotopic (exact) mass is 350 g/mol. The first kappa shape index (κ1) is 16.8. The van der Waals surface area contributed by atoms with E-state index in [1.807, 2.05) is 0 Å². The normalized spacial score (nSPS) is 10.7. The fraction of sp³-hybridized carbons (Fsp3) is 0.600. The Labute approximate surface area is 128 Å². The average Bonchev–Trinajstić information content (AvgIpc) is 2.40. The third-order valence-corrected chi connectivity index (χ3v) is 3.80. The second-order valence-corrected chi connectivity index (χ2v) is 5.79. The van der Waals surface area contributed by atoms with Crippen molar-refractivity contribution in [3.05, 3.63) is 29.0 Å². The number of benzene rings is 1. The summed E-state index contributed by atoms with van der Waals surface area (Å²) in [7, 11) is 0. The molecular formula is C15H21BrClFO. The van der Waals surface area contributed by atoms with E-state index in [2.05, 4.69) is 15.9 Å². The third-order valence-electron chi connectivity index (χ3n) is 2.93. The predicted molar refractivity (Wildman–Crippen MR) is 83.0 cm³/mol. The van der Waals surface area contributed by atoms with Gasteiger partial charge in [-0.05, 0) is 25.0 Å². The summed E-state index contributed by atoms with van der Waals surface area (Å²) in [5.41, 5.74) is 0. The molecule has 0 saturated carbocycles. The molecule has 0 heterocycles. The van der Waals surface area contributed by atoms with Gasteiger partial charge in [-0.3, -0.25) is 0 Å². The SMILES string of the molecule is Fc1ccc(Cl)c(OCCCCCCCCCBr)c1. The molecule has 0 unspecified atom stereocenters. The maximum atomic E-state index is 13.0. The van der Waals surface area contributed by atoms with Gasteiger partial charge in [0, 0.05) is 11.4 Å². The van der Waals surface area contributed by atoms with E-state index in [0.29, 0.717) is 17.4 Å². The molecular weight excluding hydrogens is 331 g/mol. The van der Waals surface area contributed by atoms with Crippen molar-refractivity contribution in [2.24, 2.45) is 0 Å². The Morgan fingerprint density at radius 1 is 1.00 bits per heavy atom. The fourth-order valence-electron chi connectivity index (χ4n) is 1.85. The van der Waals surface area contributed by atoms with Crippen LogP contribution >= 0.6 is 27.5 Å². The average molecular weight is 352 g/mol. The van der Waals surface area contributed by atoms with Crippen LogP contribution in [-0.4, -0.2) is 11.9 Å². The quantitative estimate of drug-likeness (QED) is 0.372. The number of halogens is 3. The van der Waals surface area contributed by atoms with Crippen molar-refractivity contribution < 1.29 is 9.13 Å². The highest BCUT2D eigenvalue weighted by Crippen LogP contribution is 2.25. The molecule has 0 bridgehead atoms. The van der Waals surface area contributed by atoms with Crippen LogP contribution in [0, 0.1) is 5.82 Å². The summed E-state index contributed by atoms with van der Waals surface area (Å²) in [6.45, 7) is 0.602. The van der Waals surface area contributed by atoms with Gasteiger partial charge in [0.25, 0.3) is 0 Å². The summed E-state index contributed by atoms with van der Waals surface area (Å²) in [4.78, 5) is 0. The van der Waals surface area contributed by atoms with E-state index in [0.717, 1.165) is 18.2 Å². The van der Waals surface area contributed by atoms with Crippen LogP contribution in [0.5, 0.6) is 5.75 Å².